The van der Waals surface area contributed by atoms with Crippen LogP contribution in [0.1, 0.15) is 22.4 Å². The number of aliphatic hydroxyl groups excluding tert-OH is 1. The van der Waals surface area contributed by atoms with E-state index < -0.39 is 0 Å². The molecule has 0 unspecified atom stereocenters. The summed E-state index contributed by atoms with van der Waals surface area (Å²) in [4.78, 5) is 0. The summed E-state index contributed by atoms with van der Waals surface area (Å²) >= 11 is 0. The van der Waals surface area contributed by atoms with Gasteiger partial charge in [0.15, 0.2) is 0 Å². The summed E-state index contributed by atoms with van der Waals surface area (Å²) in [7, 11) is 2.00. The van der Waals surface area contributed by atoms with E-state index in [0.717, 1.165) is 5.69 Å². The van der Waals surface area contributed by atoms with E-state index in [1.54, 1.807) is 0 Å². The summed E-state index contributed by atoms with van der Waals surface area (Å²) in [5, 5.41) is 10.5. The second-order valence-electron chi connectivity index (χ2n) is 4.23. The molecule has 1 aromatic carbocycles. The van der Waals surface area contributed by atoms with Crippen LogP contribution in [0.25, 0.3) is 10.9 Å². The van der Waals surface area contributed by atoms with Crippen molar-refractivity contribution in [1.29, 1.82) is 0 Å². The second-order valence-corrected chi connectivity index (χ2v) is 4.23. The van der Waals surface area contributed by atoms with Gasteiger partial charge in [0.1, 0.15) is 0 Å². The van der Waals surface area contributed by atoms with Crippen molar-refractivity contribution in [3.8, 4) is 0 Å². The van der Waals surface area contributed by atoms with Crippen LogP contribution in [0.3, 0.4) is 0 Å². The molecule has 0 atom stereocenters. The first-order valence-corrected chi connectivity index (χ1v) is 5.22. The lowest BCUT2D eigenvalue weighted by Crippen LogP contribution is -1.95. The van der Waals surface area contributed by atoms with Gasteiger partial charge in [0.2, 0.25) is 0 Å². The molecule has 80 valence electrons. The zero-order valence-corrected chi connectivity index (χ0v) is 9.76. The first-order valence-electron chi connectivity index (χ1n) is 5.22. The SMILES string of the molecule is Cc1cc2c(cc(CO)n2C)c(C)c1C. The van der Waals surface area contributed by atoms with E-state index in [9.17, 15) is 5.11 Å². The molecular weight excluding hydrogens is 186 g/mol. The molecule has 0 aliphatic rings. The summed E-state index contributed by atoms with van der Waals surface area (Å²) in [6, 6.07) is 4.27. The molecule has 0 saturated heterocycles. The van der Waals surface area contributed by atoms with E-state index in [1.807, 2.05) is 7.05 Å². The summed E-state index contributed by atoms with van der Waals surface area (Å²) < 4.78 is 2.06. The highest BCUT2D eigenvalue weighted by atomic mass is 16.3. The summed E-state index contributed by atoms with van der Waals surface area (Å²) in [5.74, 6) is 0. The molecule has 1 aromatic heterocycles. The van der Waals surface area contributed by atoms with Crippen molar-refractivity contribution in [2.24, 2.45) is 7.05 Å². The van der Waals surface area contributed by atoms with Gasteiger partial charge < -0.3 is 9.67 Å². The third-order valence-corrected chi connectivity index (χ3v) is 3.45. The number of aromatic nitrogens is 1. The molecule has 1 heterocycles. The van der Waals surface area contributed by atoms with Crippen molar-refractivity contribution in [3.05, 3.63) is 34.5 Å². The number of aryl methyl sites for hydroxylation is 3. The molecule has 0 spiro atoms. The van der Waals surface area contributed by atoms with E-state index in [2.05, 4.69) is 37.5 Å². The number of nitrogens with zero attached hydrogens (tertiary/aromatic N) is 1. The van der Waals surface area contributed by atoms with Gasteiger partial charge in [0.25, 0.3) is 0 Å². The molecule has 1 N–H and O–H groups in total. The van der Waals surface area contributed by atoms with Gasteiger partial charge in [0, 0.05) is 23.6 Å². The van der Waals surface area contributed by atoms with Crippen LogP contribution in [0, 0.1) is 20.8 Å². The minimum atomic E-state index is 0.0999. The molecular formula is C13H17NO. The highest BCUT2D eigenvalue weighted by Gasteiger charge is 2.09. The maximum absolute atomic E-state index is 9.23. The lowest BCUT2D eigenvalue weighted by molar-refractivity contribution is 0.273. The first-order chi connectivity index (χ1) is 7.06. The second kappa shape index (κ2) is 3.38. The molecule has 0 radical (unpaired) electrons. The van der Waals surface area contributed by atoms with Crippen LogP contribution in [0.5, 0.6) is 0 Å². The molecule has 0 bridgehead atoms. The smallest absolute Gasteiger partial charge is 0.0833 e. The third kappa shape index (κ3) is 1.37. The normalized spacial score (nSPS) is 11.3. The summed E-state index contributed by atoms with van der Waals surface area (Å²) in [6.45, 7) is 6.53. The lowest BCUT2D eigenvalue weighted by Gasteiger charge is -2.07. The first kappa shape index (κ1) is 10.2. The van der Waals surface area contributed by atoms with Crippen LogP contribution in [0.2, 0.25) is 0 Å². The fourth-order valence-electron chi connectivity index (χ4n) is 2.11. The minimum Gasteiger partial charge on any atom is -0.390 e. The van der Waals surface area contributed by atoms with E-state index in [-0.39, 0.29) is 6.61 Å². The van der Waals surface area contributed by atoms with Crippen molar-refractivity contribution in [3.63, 3.8) is 0 Å². The predicted molar refractivity (Wildman–Crippen MR) is 63.1 cm³/mol. The van der Waals surface area contributed by atoms with Crippen molar-refractivity contribution in [2.45, 2.75) is 27.4 Å². The summed E-state index contributed by atoms with van der Waals surface area (Å²) in [6.07, 6.45) is 0. The van der Waals surface area contributed by atoms with Gasteiger partial charge in [0.05, 0.1) is 6.61 Å². The van der Waals surface area contributed by atoms with Crippen LogP contribution in [-0.4, -0.2) is 9.67 Å². The molecule has 0 saturated carbocycles. The van der Waals surface area contributed by atoms with Gasteiger partial charge in [-0.1, -0.05) is 0 Å². The molecule has 2 nitrogen and oxygen atoms in total. The standard InChI is InChI=1S/C13H17NO/c1-8-5-13-12(10(3)9(8)2)6-11(7-15)14(13)4/h5-6,15H,7H2,1-4H3. The molecule has 0 amide bonds. The summed E-state index contributed by atoms with van der Waals surface area (Å²) in [5.41, 5.74) is 6.15. The van der Waals surface area contributed by atoms with Gasteiger partial charge in [-0.15, -0.1) is 0 Å². The number of hydrogen-bond acceptors (Lipinski definition) is 1. The largest absolute Gasteiger partial charge is 0.390 e. The lowest BCUT2D eigenvalue weighted by atomic mass is 10.0. The Morgan fingerprint density at radius 3 is 2.40 bits per heavy atom. The number of fused-ring (bicyclic) bond motifs is 1. The van der Waals surface area contributed by atoms with E-state index >= 15 is 0 Å². The van der Waals surface area contributed by atoms with Crippen LogP contribution < -0.4 is 0 Å². The molecule has 2 aromatic rings. The van der Waals surface area contributed by atoms with Gasteiger partial charge in [-0.2, -0.15) is 0 Å². The Labute approximate surface area is 90.2 Å². The predicted octanol–water partition coefficient (Wildman–Crippen LogP) is 2.60. The van der Waals surface area contributed by atoms with E-state index in [1.165, 1.54) is 27.6 Å². The molecule has 0 aliphatic heterocycles. The van der Waals surface area contributed by atoms with Crippen LogP contribution >= 0.6 is 0 Å². The topological polar surface area (TPSA) is 25.2 Å². The average Bonchev–Trinajstić information content (AvgIpc) is 2.53. The van der Waals surface area contributed by atoms with Crippen molar-refractivity contribution in [1.82, 2.24) is 4.57 Å². The van der Waals surface area contributed by atoms with E-state index in [0.29, 0.717) is 0 Å². The van der Waals surface area contributed by atoms with E-state index in [4.69, 9.17) is 0 Å². The average molecular weight is 203 g/mol. The Kier molecular flexibility index (Phi) is 2.31. The fraction of sp³-hybridized carbons (Fsp3) is 0.385. The maximum atomic E-state index is 9.23. The zero-order valence-electron chi connectivity index (χ0n) is 9.76. The highest BCUT2D eigenvalue weighted by molar-refractivity contribution is 5.86. The highest BCUT2D eigenvalue weighted by Crippen LogP contribution is 2.27. The zero-order chi connectivity index (χ0) is 11.2. The van der Waals surface area contributed by atoms with Gasteiger partial charge >= 0.3 is 0 Å². The Bertz CT molecular complexity index is 523. The Morgan fingerprint density at radius 2 is 1.80 bits per heavy atom. The van der Waals surface area contributed by atoms with Gasteiger partial charge in [-0.25, -0.2) is 0 Å². The van der Waals surface area contributed by atoms with Gasteiger partial charge in [-0.05, 0) is 49.6 Å². The Hall–Kier alpha value is -1.28. The Morgan fingerprint density at radius 1 is 1.13 bits per heavy atom. The maximum Gasteiger partial charge on any atom is 0.0833 e. The molecule has 15 heavy (non-hydrogen) atoms. The van der Waals surface area contributed by atoms with Crippen LogP contribution in [-0.2, 0) is 13.7 Å². The Balaban J connectivity index is 2.89. The number of benzene rings is 1. The van der Waals surface area contributed by atoms with Crippen LogP contribution in [0.15, 0.2) is 12.1 Å². The quantitative estimate of drug-likeness (QED) is 0.757. The molecule has 2 heteroatoms. The molecule has 0 aliphatic carbocycles. The number of hydrogen-bond donors (Lipinski definition) is 1. The number of rotatable bonds is 1. The third-order valence-electron chi connectivity index (χ3n) is 3.45. The van der Waals surface area contributed by atoms with Crippen LogP contribution in [0.4, 0.5) is 0 Å². The van der Waals surface area contributed by atoms with Gasteiger partial charge in [-0.3, -0.25) is 0 Å². The minimum absolute atomic E-state index is 0.0999. The molecule has 0 fully saturated rings. The molecule has 2 rings (SSSR count). The monoisotopic (exact) mass is 203 g/mol. The fourth-order valence-corrected chi connectivity index (χ4v) is 2.11. The number of aliphatic hydroxyl groups is 1. The van der Waals surface area contributed by atoms with Crippen molar-refractivity contribution >= 4 is 10.9 Å². The van der Waals surface area contributed by atoms with Crippen molar-refractivity contribution in [2.75, 3.05) is 0 Å². The van der Waals surface area contributed by atoms with Crippen molar-refractivity contribution < 1.29 is 5.11 Å².